The number of hydrogen-bond acceptors (Lipinski definition) is 27. The molecular weight excluding hydrogens is 2270 g/mol. The maximum absolute atomic E-state index is 12.0. The van der Waals surface area contributed by atoms with Gasteiger partial charge < -0.3 is 93.8 Å². The number of carbonyl (C=O) groups is 4. The number of halogens is 7. The van der Waals surface area contributed by atoms with Gasteiger partial charge in [-0.1, -0.05) is 46.3 Å². The number of fused-ring (bicyclic) bond motifs is 4. The summed E-state index contributed by atoms with van der Waals surface area (Å²) >= 11 is 20.6. The van der Waals surface area contributed by atoms with Crippen LogP contribution in [0, 0.1) is 0 Å². The van der Waals surface area contributed by atoms with Gasteiger partial charge in [-0.25, -0.2) is 0 Å². The first-order valence-corrected chi connectivity index (χ1v) is 53.0. The Morgan fingerprint density at radius 2 is 0.862 bits per heavy atom. The van der Waals surface area contributed by atoms with Crippen molar-refractivity contribution in [2.24, 2.45) is 5.73 Å². The average molecular weight is 2390 g/mol. The minimum absolute atomic E-state index is 0. The summed E-state index contributed by atoms with van der Waals surface area (Å²) in [5.41, 5.74) is 21.3. The van der Waals surface area contributed by atoms with Gasteiger partial charge in [-0.2, -0.15) is 11.8 Å². The van der Waals surface area contributed by atoms with E-state index in [0.29, 0.717) is 67.3 Å². The standard InChI is InChI=1S/C23H26BrNO4.C23H26BrNO3S2.C20H20BrNO3.C11H15NO2.C9H6Br2O.C7H10BNO2.C3H8OS2.C2H6O.CH2O3.2ClH.2K.H/c1-4-25(5-2)19-8-7-17(13-22(26)27-6-3)21(14-19)29-15-16-11-18-9-10-28-23(18)20(24)12-16;1-5-25(6-2)19-8-7-17(13-22(29-3)30(4)26)21(14-19)28-15-16-11-18-9-10-27-23(18)20(24)12-16;1-3-22(4-2)17-6-5-16(12-23)19(11-17)25-13-14-9-15-7-8-24-20(15)18(21)10-14;1-3-12(4-2)10-6-5-9(8-13)11(14)7-10;10-5-6-3-7-1-2-12-9(7)8(11)4-6;9-5-6-2-1-3-7(4-6)8(10)11;1-5-3-6(2)4;1-2-3;2-1-4-3;;;;;/h7-12,14H,4-6,13,15H2,1-3H3;7-14H,5-6,15H2,1-4H3;5-12H,3-4,13H2,1-2H3;5-8,14H,3-4H2,1-2H3;1-4H,5H2;1-4,10-11H,5,9H2;3H2,1-2H3;3H,2H2,1H3;1,3H;2*1H;;;/q;;;;;;;;;;;2*+1;-1/p-1/b;22-13+;;;;;;;;;;;;. The van der Waals surface area contributed by atoms with Crippen LogP contribution < -0.4 is 153 Å². The van der Waals surface area contributed by atoms with Crippen molar-refractivity contribution in [2.45, 2.75) is 107 Å². The average Bonchev–Trinajstić information content (AvgIpc) is 1.74. The largest absolute Gasteiger partial charge is 1.00 e. The summed E-state index contributed by atoms with van der Waals surface area (Å²) in [6.45, 7) is 29.6. The summed E-state index contributed by atoms with van der Waals surface area (Å²) in [5, 5.41) is 48.8. The van der Waals surface area contributed by atoms with Gasteiger partial charge in [0, 0.05) is 174 Å². The molecule has 0 amide bonds. The zero-order valence-corrected chi connectivity index (χ0v) is 99.5. The number of aliphatic hydroxyl groups is 1. The molecule has 138 heavy (non-hydrogen) atoms. The maximum atomic E-state index is 12.0. The number of esters is 1. The Morgan fingerprint density at radius 3 is 1.19 bits per heavy atom. The van der Waals surface area contributed by atoms with E-state index in [-0.39, 0.29) is 160 Å². The zero-order chi connectivity index (χ0) is 98.8. The molecule has 0 aliphatic heterocycles. The number of aliphatic hydroxyl groups excluding tert-OH is 1. The predicted octanol–water partition coefficient (Wildman–Crippen LogP) is 16.9. The van der Waals surface area contributed by atoms with E-state index in [9.17, 15) is 27.9 Å². The predicted molar refractivity (Wildman–Crippen MR) is 582 cm³/mol. The van der Waals surface area contributed by atoms with Crippen LogP contribution in [-0.4, -0.2) is 156 Å². The van der Waals surface area contributed by atoms with Crippen LogP contribution >= 0.6 is 128 Å². The molecular formula is C99H121BBr5Cl2K2N5O20S4. The number of thioether (sulfide) groups is 2. The molecule has 6 N–H and O–H groups in total. The van der Waals surface area contributed by atoms with Crippen LogP contribution in [-0.2, 0) is 78.9 Å². The van der Waals surface area contributed by atoms with Gasteiger partial charge >= 0.3 is 116 Å². The van der Waals surface area contributed by atoms with Crippen molar-refractivity contribution in [3.05, 3.63) is 267 Å². The van der Waals surface area contributed by atoms with Crippen molar-refractivity contribution in [3.8, 4) is 23.0 Å². The van der Waals surface area contributed by atoms with Gasteiger partial charge in [0.05, 0.1) is 87.2 Å². The van der Waals surface area contributed by atoms with E-state index < -0.39 is 28.7 Å². The van der Waals surface area contributed by atoms with Gasteiger partial charge in [-0.05, 0) is 300 Å². The zero-order valence-electron chi connectivity index (χ0n) is 81.4. The Labute approximate surface area is 964 Å². The molecule has 25 nitrogen and oxygen atoms in total. The van der Waals surface area contributed by atoms with E-state index in [2.05, 4.69) is 176 Å². The molecule has 740 valence electrons. The van der Waals surface area contributed by atoms with Gasteiger partial charge in [0.1, 0.15) is 65.2 Å². The Balaban J connectivity index is 0.00000164. The molecule has 0 spiro atoms. The van der Waals surface area contributed by atoms with Crippen LogP contribution in [0.3, 0.4) is 0 Å². The molecule has 4 aromatic heterocycles. The number of aromatic hydroxyl groups is 1. The molecule has 4 heterocycles. The van der Waals surface area contributed by atoms with Crippen molar-refractivity contribution in [1.82, 2.24) is 0 Å². The molecule has 0 aliphatic carbocycles. The van der Waals surface area contributed by atoms with E-state index in [1.165, 1.54) is 17.3 Å². The summed E-state index contributed by atoms with van der Waals surface area (Å²) in [6, 6.07) is 53.9. The van der Waals surface area contributed by atoms with Crippen LogP contribution in [0.1, 0.15) is 130 Å². The number of benzene rings is 9. The van der Waals surface area contributed by atoms with Crippen molar-refractivity contribution in [1.29, 1.82) is 0 Å². The van der Waals surface area contributed by atoms with Crippen molar-refractivity contribution < 1.29 is 199 Å². The molecule has 0 radical (unpaired) electrons. The first-order valence-electron chi connectivity index (χ1n) is 42.8. The number of furan rings is 4. The third kappa shape index (κ3) is 43.5. The first-order chi connectivity index (χ1) is 64.5. The molecule has 2 atom stereocenters. The number of alkyl halides is 1. The molecule has 9 aromatic carbocycles. The van der Waals surface area contributed by atoms with Crippen LogP contribution in [0.25, 0.3) is 50.0 Å². The summed E-state index contributed by atoms with van der Waals surface area (Å²) in [5.74, 6) is 1.87. The van der Waals surface area contributed by atoms with Crippen LogP contribution in [0.2, 0.25) is 0 Å². The van der Waals surface area contributed by atoms with Crippen molar-refractivity contribution >= 4 is 260 Å². The normalized spacial score (nSPS) is 10.7. The van der Waals surface area contributed by atoms with E-state index in [0.717, 1.165) is 197 Å². The van der Waals surface area contributed by atoms with Gasteiger partial charge in [-0.15, -0.1) is 36.6 Å². The Bertz CT molecular complexity index is 5880. The van der Waals surface area contributed by atoms with Crippen LogP contribution in [0.15, 0.2) is 235 Å². The number of aldehydes is 2. The van der Waals surface area contributed by atoms with Gasteiger partial charge in [0.2, 0.25) is 0 Å². The first kappa shape index (κ1) is 131. The summed E-state index contributed by atoms with van der Waals surface area (Å²) < 4.78 is 71.9. The molecule has 2 unspecified atom stereocenters. The fourth-order valence-corrected chi connectivity index (χ4v) is 18.7. The topological polar surface area (TPSA) is 344 Å². The monoisotopic (exact) mass is 2380 g/mol. The summed E-state index contributed by atoms with van der Waals surface area (Å²) in [6.07, 6.45) is 17.6. The van der Waals surface area contributed by atoms with Crippen LogP contribution in [0.4, 0.5) is 22.7 Å². The SMILES string of the molecule is BrCc1cc(Br)c2occc2c1.CCN(CC)c1ccc(/C=C(\SC)S(C)=O)c(OCc2cc(Br)c3occc3c2)c1.CCN(CC)c1ccc(C=O)c(O)c1.CCN(CC)c1ccc(C=O)c(OCc2cc(Br)c3occc3c2)c1.CCO.CCOC(=O)Cc1ccc(N(CC)CC)cc1OCc1cc(Br)c2occc2c1.CSCS(C)=O.Cl.Cl.NCc1cccc(B(O)O)c1.O=CO[O-].[H-].[K+].[K+]. The van der Waals surface area contributed by atoms with Crippen molar-refractivity contribution in [2.75, 3.05) is 115 Å². The maximum Gasteiger partial charge on any atom is 1.00 e. The van der Waals surface area contributed by atoms with E-state index in [1.807, 2.05) is 149 Å². The third-order valence-corrected chi connectivity index (χ3v) is 27.3. The molecule has 13 rings (SSSR count). The third-order valence-electron chi connectivity index (χ3n) is 19.6. The van der Waals surface area contributed by atoms with E-state index in [1.54, 1.807) is 86.6 Å². The Morgan fingerprint density at radius 1 is 0.507 bits per heavy atom. The number of nitrogens with zero attached hydrogens (tertiary/aromatic N) is 4. The molecule has 0 fully saturated rings. The number of anilines is 4. The Hall–Kier alpha value is -5.32. The quantitative estimate of drug-likeness (QED) is 0.00615. The number of carbonyl (C=O) groups excluding carboxylic acids is 4. The number of nitrogens with two attached hydrogens (primary N) is 1. The number of phenolic OH excluding ortho intramolecular Hbond substituents is 1. The Kier molecular flexibility index (Phi) is 69.0. The molecule has 0 saturated carbocycles. The number of phenols is 1. The molecule has 39 heteroatoms. The van der Waals surface area contributed by atoms with Crippen molar-refractivity contribution in [3.63, 3.8) is 0 Å². The molecule has 0 bridgehead atoms. The second-order valence-corrected chi connectivity index (χ2v) is 37.6. The minimum atomic E-state index is -1.40. The van der Waals surface area contributed by atoms with Gasteiger partial charge in [0.25, 0.3) is 6.47 Å². The summed E-state index contributed by atoms with van der Waals surface area (Å²) in [7, 11) is -3.05. The van der Waals surface area contributed by atoms with Gasteiger partial charge in [0.15, 0.2) is 12.6 Å². The number of rotatable bonds is 35. The molecule has 13 aromatic rings. The smallest absolute Gasteiger partial charge is 1.00 e. The number of hydrogen-bond donors (Lipinski definition) is 5. The molecule has 0 saturated heterocycles. The summed E-state index contributed by atoms with van der Waals surface area (Å²) in [4.78, 5) is 53.9. The fourth-order valence-electron chi connectivity index (χ4n) is 13.1. The number of ether oxygens (including phenoxy) is 4. The molecule has 0 aliphatic rings. The van der Waals surface area contributed by atoms with E-state index in [4.69, 9.17) is 67.6 Å². The van der Waals surface area contributed by atoms with Gasteiger partial charge in [-0.3, -0.25) is 27.6 Å². The van der Waals surface area contributed by atoms with E-state index >= 15 is 0 Å². The second-order valence-electron chi connectivity index (χ2n) is 28.5. The van der Waals surface area contributed by atoms with Crippen LogP contribution in [0.5, 0.6) is 23.0 Å². The fraction of sp³-hybridized carbons (Fsp3) is 0.313. The second kappa shape index (κ2) is 72.9. The minimum Gasteiger partial charge on any atom is -1.00 e.